The Morgan fingerprint density at radius 2 is 1.93 bits per heavy atom. The van der Waals surface area contributed by atoms with Crippen molar-refractivity contribution < 1.29 is 4.79 Å². The molecule has 1 aliphatic carbocycles. The van der Waals surface area contributed by atoms with Crippen LogP contribution in [0.25, 0.3) is 10.2 Å². The van der Waals surface area contributed by atoms with Gasteiger partial charge in [0.1, 0.15) is 10.7 Å². The number of benzene rings is 1. The number of hydrogen-bond acceptors (Lipinski definition) is 4. The lowest BCUT2D eigenvalue weighted by Crippen LogP contribution is -2.26. The van der Waals surface area contributed by atoms with Gasteiger partial charge in [0.15, 0.2) is 0 Å². The Balaban J connectivity index is 1.37. The smallest absolute Gasteiger partial charge is 0.259 e. The standard InChI is InChI=1S/C22H25N3O2S/c26-19(23-14-13-15-7-3-1-4-8-15)12-11-18-24-21(27)20-16-9-5-2-6-10-17(16)28-22(20)25-18/h1,3-4,7-8H,2,5-6,9-14H2,(H,23,26)(H,24,25,27). The summed E-state index contributed by atoms with van der Waals surface area (Å²) in [6, 6.07) is 10.1. The summed E-state index contributed by atoms with van der Waals surface area (Å²) >= 11 is 1.66. The van der Waals surface area contributed by atoms with Crippen LogP contribution in [0.1, 0.15) is 47.5 Å². The molecule has 2 heterocycles. The minimum Gasteiger partial charge on any atom is -0.356 e. The first kappa shape index (κ1) is 18.9. The van der Waals surface area contributed by atoms with Gasteiger partial charge >= 0.3 is 0 Å². The molecule has 1 aromatic carbocycles. The van der Waals surface area contributed by atoms with Gasteiger partial charge in [0.2, 0.25) is 5.91 Å². The van der Waals surface area contributed by atoms with Crippen molar-refractivity contribution in [2.24, 2.45) is 0 Å². The highest BCUT2D eigenvalue weighted by atomic mass is 32.1. The van der Waals surface area contributed by atoms with Gasteiger partial charge in [0.25, 0.3) is 5.56 Å². The molecule has 1 aliphatic rings. The Morgan fingerprint density at radius 3 is 2.79 bits per heavy atom. The van der Waals surface area contributed by atoms with Crippen LogP contribution in [-0.4, -0.2) is 22.4 Å². The number of fused-ring (bicyclic) bond motifs is 3. The van der Waals surface area contributed by atoms with Gasteiger partial charge in [0.05, 0.1) is 5.39 Å². The molecule has 0 saturated carbocycles. The van der Waals surface area contributed by atoms with Crippen molar-refractivity contribution in [3.63, 3.8) is 0 Å². The van der Waals surface area contributed by atoms with Gasteiger partial charge in [-0.25, -0.2) is 4.98 Å². The first-order valence-corrected chi connectivity index (χ1v) is 10.9. The molecular formula is C22H25N3O2S. The van der Waals surface area contributed by atoms with Crippen molar-refractivity contribution in [1.29, 1.82) is 0 Å². The maximum atomic E-state index is 12.6. The summed E-state index contributed by atoms with van der Waals surface area (Å²) in [7, 11) is 0. The minimum atomic E-state index is -0.0520. The van der Waals surface area contributed by atoms with E-state index in [-0.39, 0.29) is 11.5 Å². The first-order valence-electron chi connectivity index (χ1n) is 10.0. The van der Waals surface area contributed by atoms with E-state index in [1.807, 2.05) is 18.2 Å². The van der Waals surface area contributed by atoms with Crippen molar-refractivity contribution in [3.8, 4) is 0 Å². The van der Waals surface area contributed by atoms with Crippen molar-refractivity contribution in [1.82, 2.24) is 15.3 Å². The number of aromatic amines is 1. The highest BCUT2D eigenvalue weighted by Gasteiger charge is 2.19. The molecule has 0 saturated heterocycles. The van der Waals surface area contributed by atoms with Gasteiger partial charge in [-0.3, -0.25) is 9.59 Å². The topological polar surface area (TPSA) is 74.8 Å². The van der Waals surface area contributed by atoms with E-state index in [9.17, 15) is 9.59 Å². The average Bonchev–Trinajstić information content (AvgIpc) is 2.89. The number of amides is 1. The van der Waals surface area contributed by atoms with E-state index in [4.69, 9.17) is 0 Å². The van der Waals surface area contributed by atoms with Crippen molar-refractivity contribution in [2.45, 2.75) is 51.4 Å². The number of thiophene rings is 1. The number of nitrogens with one attached hydrogen (secondary N) is 2. The van der Waals surface area contributed by atoms with Crippen LogP contribution in [0.3, 0.4) is 0 Å². The van der Waals surface area contributed by atoms with E-state index in [1.54, 1.807) is 11.3 Å². The van der Waals surface area contributed by atoms with Gasteiger partial charge in [-0.15, -0.1) is 11.3 Å². The fourth-order valence-corrected chi connectivity index (χ4v) is 5.10. The molecule has 0 spiro atoms. The molecular weight excluding hydrogens is 370 g/mol. The SMILES string of the molecule is O=C(CCc1nc2sc3c(c2c(=O)[nH]1)CCCCC3)NCCc1ccccc1. The minimum absolute atomic E-state index is 0.0133. The van der Waals surface area contributed by atoms with Crippen molar-refractivity contribution >= 4 is 27.5 Å². The van der Waals surface area contributed by atoms with E-state index in [0.29, 0.717) is 25.2 Å². The van der Waals surface area contributed by atoms with E-state index >= 15 is 0 Å². The molecule has 0 unspecified atom stereocenters. The third-order valence-electron chi connectivity index (χ3n) is 5.29. The van der Waals surface area contributed by atoms with Gasteiger partial charge in [-0.2, -0.15) is 0 Å². The zero-order chi connectivity index (χ0) is 19.3. The van der Waals surface area contributed by atoms with E-state index < -0.39 is 0 Å². The molecule has 0 fully saturated rings. The Hall–Kier alpha value is -2.47. The molecule has 2 aromatic heterocycles. The van der Waals surface area contributed by atoms with Crippen LogP contribution >= 0.6 is 11.3 Å². The zero-order valence-corrected chi connectivity index (χ0v) is 16.7. The quantitative estimate of drug-likeness (QED) is 0.627. The number of H-pyrrole nitrogens is 1. The predicted molar refractivity (Wildman–Crippen MR) is 113 cm³/mol. The summed E-state index contributed by atoms with van der Waals surface area (Å²) in [6.07, 6.45) is 7.18. The lowest BCUT2D eigenvalue weighted by Gasteiger charge is -2.05. The lowest BCUT2D eigenvalue weighted by atomic mass is 10.1. The zero-order valence-electron chi connectivity index (χ0n) is 15.9. The molecule has 146 valence electrons. The van der Waals surface area contributed by atoms with Crippen LogP contribution < -0.4 is 10.9 Å². The number of rotatable bonds is 6. The molecule has 0 atom stereocenters. The van der Waals surface area contributed by atoms with Crippen molar-refractivity contribution in [2.75, 3.05) is 6.54 Å². The highest BCUT2D eigenvalue weighted by molar-refractivity contribution is 7.18. The second-order valence-corrected chi connectivity index (χ2v) is 8.43. The van der Waals surface area contributed by atoms with E-state index in [2.05, 4.69) is 27.4 Å². The Morgan fingerprint density at radius 1 is 1.11 bits per heavy atom. The number of aryl methyl sites for hydroxylation is 3. The predicted octanol–water partition coefficient (Wildman–Crippen LogP) is 3.55. The Labute approximate surface area is 168 Å². The van der Waals surface area contributed by atoms with Crippen LogP contribution in [0, 0.1) is 0 Å². The normalized spacial score (nSPS) is 13.9. The molecule has 6 heteroatoms. The van der Waals surface area contributed by atoms with Gasteiger partial charge in [-0.05, 0) is 43.2 Å². The van der Waals surface area contributed by atoms with Gasteiger partial charge in [0, 0.05) is 24.3 Å². The lowest BCUT2D eigenvalue weighted by molar-refractivity contribution is -0.121. The molecule has 4 rings (SSSR count). The van der Waals surface area contributed by atoms with E-state index in [1.165, 1.54) is 28.8 Å². The second-order valence-electron chi connectivity index (χ2n) is 7.34. The molecule has 28 heavy (non-hydrogen) atoms. The van der Waals surface area contributed by atoms with Crippen LogP contribution in [0.2, 0.25) is 0 Å². The Bertz CT molecular complexity index is 1020. The fraction of sp³-hybridized carbons (Fsp3) is 0.409. The summed E-state index contributed by atoms with van der Waals surface area (Å²) in [5.41, 5.74) is 2.36. The summed E-state index contributed by atoms with van der Waals surface area (Å²) in [6.45, 7) is 0.615. The van der Waals surface area contributed by atoms with Crippen molar-refractivity contribution in [3.05, 3.63) is 62.5 Å². The van der Waals surface area contributed by atoms with E-state index in [0.717, 1.165) is 35.9 Å². The first-order chi connectivity index (χ1) is 13.7. The molecule has 0 bridgehead atoms. The average molecular weight is 396 g/mol. The third-order valence-corrected chi connectivity index (χ3v) is 6.48. The second kappa shape index (κ2) is 8.69. The highest BCUT2D eigenvalue weighted by Crippen LogP contribution is 2.32. The summed E-state index contributed by atoms with van der Waals surface area (Å²) in [4.78, 5) is 34.5. The Kier molecular flexibility index (Phi) is 5.86. The van der Waals surface area contributed by atoms with Gasteiger partial charge < -0.3 is 10.3 Å². The number of nitrogens with zero attached hydrogens (tertiary/aromatic N) is 1. The van der Waals surface area contributed by atoms with Crippen LogP contribution in [0.5, 0.6) is 0 Å². The van der Waals surface area contributed by atoms with Crippen LogP contribution in [0.15, 0.2) is 35.1 Å². The summed E-state index contributed by atoms with van der Waals surface area (Å²) < 4.78 is 0. The molecule has 3 aromatic rings. The number of hydrogen-bond donors (Lipinski definition) is 2. The fourth-order valence-electron chi connectivity index (χ4n) is 3.81. The molecule has 0 radical (unpaired) electrons. The number of aromatic nitrogens is 2. The van der Waals surface area contributed by atoms with Crippen LogP contribution in [-0.2, 0) is 30.5 Å². The number of carbonyl (C=O) groups is 1. The van der Waals surface area contributed by atoms with Gasteiger partial charge in [-0.1, -0.05) is 36.8 Å². The number of carbonyl (C=O) groups excluding carboxylic acids is 1. The maximum Gasteiger partial charge on any atom is 0.259 e. The largest absolute Gasteiger partial charge is 0.356 e. The molecule has 0 aliphatic heterocycles. The summed E-state index contributed by atoms with van der Waals surface area (Å²) in [5.74, 6) is 0.591. The van der Waals surface area contributed by atoms with Crippen LogP contribution in [0.4, 0.5) is 0 Å². The third kappa shape index (κ3) is 4.33. The summed E-state index contributed by atoms with van der Waals surface area (Å²) in [5, 5.41) is 3.72. The molecule has 2 N–H and O–H groups in total. The monoisotopic (exact) mass is 395 g/mol. The molecule has 5 nitrogen and oxygen atoms in total. The molecule has 1 amide bonds. The maximum absolute atomic E-state index is 12.6.